The monoisotopic (exact) mass is 299 g/mol. The lowest BCUT2D eigenvalue weighted by atomic mass is 10.1. The van der Waals surface area contributed by atoms with Crippen molar-refractivity contribution in [1.29, 1.82) is 0 Å². The van der Waals surface area contributed by atoms with Crippen molar-refractivity contribution in [2.24, 2.45) is 5.10 Å². The van der Waals surface area contributed by atoms with E-state index in [1.54, 1.807) is 25.3 Å². The van der Waals surface area contributed by atoms with Crippen LogP contribution in [0.5, 0.6) is 5.75 Å². The first kappa shape index (κ1) is 15.5. The van der Waals surface area contributed by atoms with Crippen LogP contribution in [-0.4, -0.2) is 17.7 Å². The fourth-order valence-electron chi connectivity index (χ4n) is 1.99. The molecule has 0 amide bonds. The van der Waals surface area contributed by atoms with Crippen LogP contribution in [0.3, 0.4) is 0 Å². The average molecular weight is 299 g/mol. The Bertz CT molecular complexity index is 681. The van der Waals surface area contributed by atoms with Crippen molar-refractivity contribution >= 4 is 17.1 Å². The van der Waals surface area contributed by atoms with Gasteiger partial charge >= 0.3 is 0 Å². The van der Waals surface area contributed by atoms with Crippen LogP contribution >= 0.6 is 0 Å². The summed E-state index contributed by atoms with van der Waals surface area (Å²) in [5.41, 5.74) is 4.90. The molecule has 0 bridgehead atoms. The van der Waals surface area contributed by atoms with Gasteiger partial charge in [0.05, 0.1) is 17.7 Å². The summed E-state index contributed by atoms with van der Waals surface area (Å²) in [6, 6.07) is 13.9. The summed E-state index contributed by atoms with van der Waals surface area (Å²) in [5.74, 6) is 0.769. The lowest BCUT2D eigenvalue weighted by Gasteiger charge is -2.07. The molecule has 2 aromatic carbocycles. The first-order valence-corrected chi connectivity index (χ1v) is 6.86. The van der Waals surface area contributed by atoms with Crippen LogP contribution in [0.1, 0.15) is 18.9 Å². The Labute approximate surface area is 128 Å². The lowest BCUT2D eigenvalue weighted by Crippen LogP contribution is -2.04. The minimum absolute atomic E-state index is 0.00330. The van der Waals surface area contributed by atoms with E-state index in [0.29, 0.717) is 12.1 Å². The van der Waals surface area contributed by atoms with Crippen LogP contribution in [0.15, 0.2) is 53.6 Å². The number of nitro groups is 1. The van der Waals surface area contributed by atoms with Crippen molar-refractivity contribution in [3.63, 3.8) is 0 Å². The second-order valence-corrected chi connectivity index (χ2v) is 4.53. The number of hydrogen-bond acceptors (Lipinski definition) is 5. The van der Waals surface area contributed by atoms with Gasteiger partial charge < -0.3 is 4.74 Å². The minimum atomic E-state index is -0.434. The molecule has 0 unspecified atom stereocenters. The molecule has 0 fully saturated rings. The molecule has 0 aliphatic carbocycles. The number of para-hydroxylation sites is 2. The highest BCUT2D eigenvalue weighted by Crippen LogP contribution is 2.23. The lowest BCUT2D eigenvalue weighted by molar-refractivity contribution is -0.384. The maximum Gasteiger partial charge on any atom is 0.294 e. The van der Waals surface area contributed by atoms with E-state index in [0.717, 1.165) is 17.0 Å². The molecule has 6 nitrogen and oxygen atoms in total. The molecule has 0 radical (unpaired) electrons. The molecule has 0 saturated carbocycles. The van der Waals surface area contributed by atoms with Crippen LogP contribution in [0.2, 0.25) is 0 Å². The Morgan fingerprint density at radius 1 is 1.23 bits per heavy atom. The number of rotatable bonds is 6. The van der Waals surface area contributed by atoms with Gasteiger partial charge in [0.15, 0.2) is 0 Å². The molecular weight excluding hydrogens is 282 g/mol. The summed E-state index contributed by atoms with van der Waals surface area (Å²) in [4.78, 5) is 10.5. The third-order valence-corrected chi connectivity index (χ3v) is 3.17. The van der Waals surface area contributed by atoms with Gasteiger partial charge in [-0.3, -0.25) is 15.5 Å². The van der Waals surface area contributed by atoms with E-state index in [9.17, 15) is 10.1 Å². The zero-order valence-electron chi connectivity index (χ0n) is 12.4. The van der Waals surface area contributed by atoms with Gasteiger partial charge in [-0.05, 0) is 42.3 Å². The molecule has 0 atom stereocenters. The highest BCUT2D eigenvalue weighted by molar-refractivity contribution is 6.00. The van der Waals surface area contributed by atoms with Crippen molar-refractivity contribution in [3.8, 4) is 5.75 Å². The van der Waals surface area contributed by atoms with Gasteiger partial charge in [-0.1, -0.05) is 19.1 Å². The zero-order valence-corrected chi connectivity index (χ0v) is 12.4. The second-order valence-electron chi connectivity index (χ2n) is 4.53. The number of benzene rings is 2. The van der Waals surface area contributed by atoms with Crippen molar-refractivity contribution in [3.05, 3.63) is 64.2 Å². The van der Waals surface area contributed by atoms with E-state index >= 15 is 0 Å². The normalized spacial score (nSPS) is 11.1. The van der Waals surface area contributed by atoms with Crippen molar-refractivity contribution in [2.45, 2.75) is 13.3 Å². The summed E-state index contributed by atoms with van der Waals surface area (Å²) < 4.78 is 5.12. The molecule has 0 aromatic heterocycles. The van der Waals surface area contributed by atoms with E-state index in [1.807, 2.05) is 31.2 Å². The van der Waals surface area contributed by atoms with Gasteiger partial charge in [-0.25, -0.2) is 0 Å². The van der Waals surface area contributed by atoms with Crippen molar-refractivity contribution < 1.29 is 9.66 Å². The maximum atomic E-state index is 11.0. The highest BCUT2D eigenvalue weighted by Gasteiger charge is 2.11. The third-order valence-electron chi connectivity index (χ3n) is 3.17. The van der Waals surface area contributed by atoms with E-state index in [-0.39, 0.29) is 5.69 Å². The summed E-state index contributed by atoms with van der Waals surface area (Å²) >= 11 is 0. The third kappa shape index (κ3) is 3.60. The second kappa shape index (κ2) is 7.21. The Morgan fingerprint density at radius 3 is 2.50 bits per heavy atom. The minimum Gasteiger partial charge on any atom is -0.497 e. The molecule has 0 heterocycles. The van der Waals surface area contributed by atoms with Crippen LogP contribution < -0.4 is 10.2 Å². The first-order valence-electron chi connectivity index (χ1n) is 6.86. The topological polar surface area (TPSA) is 76.8 Å². The fraction of sp³-hybridized carbons (Fsp3) is 0.188. The number of nitrogens with zero attached hydrogens (tertiary/aromatic N) is 2. The van der Waals surface area contributed by atoms with E-state index in [2.05, 4.69) is 10.5 Å². The molecule has 2 aromatic rings. The Morgan fingerprint density at radius 2 is 1.91 bits per heavy atom. The Kier molecular flexibility index (Phi) is 5.08. The van der Waals surface area contributed by atoms with E-state index in [4.69, 9.17) is 4.74 Å². The summed E-state index contributed by atoms with van der Waals surface area (Å²) in [6.07, 6.45) is 0.694. The number of methoxy groups -OCH3 is 1. The predicted molar refractivity (Wildman–Crippen MR) is 86.5 cm³/mol. The van der Waals surface area contributed by atoms with Gasteiger partial charge in [0.1, 0.15) is 11.4 Å². The molecule has 0 aliphatic heterocycles. The maximum absolute atomic E-state index is 11.0. The zero-order chi connectivity index (χ0) is 15.9. The average Bonchev–Trinajstić information content (AvgIpc) is 2.56. The van der Waals surface area contributed by atoms with Gasteiger partial charge in [0.25, 0.3) is 5.69 Å². The summed E-state index contributed by atoms with van der Waals surface area (Å²) in [5, 5.41) is 15.3. The molecule has 114 valence electrons. The number of hydrazone groups is 1. The Balaban J connectivity index is 2.24. The van der Waals surface area contributed by atoms with Gasteiger partial charge in [-0.15, -0.1) is 0 Å². The Hall–Kier alpha value is -2.89. The molecule has 22 heavy (non-hydrogen) atoms. The summed E-state index contributed by atoms with van der Waals surface area (Å²) in [7, 11) is 1.61. The molecule has 1 N–H and O–H groups in total. The van der Waals surface area contributed by atoms with Gasteiger partial charge in [0, 0.05) is 6.07 Å². The van der Waals surface area contributed by atoms with Crippen LogP contribution in [0.25, 0.3) is 0 Å². The van der Waals surface area contributed by atoms with Crippen molar-refractivity contribution in [1.82, 2.24) is 0 Å². The molecular formula is C16H17N3O3. The van der Waals surface area contributed by atoms with Gasteiger partial charge in [-0.2, -0.15) is 5.10 Å². The molecule has 0 spiro atoms. The van der Waals surface area contributed by atoms with Crippen molar-refractivity contribution in [2.75, 3.05) is 12.5 Å². The molecule has 2 rings (SSSR count). The predicted octanol–water partition coefficient (Wildman–Crippen LogP) is 3.83. The number of ether oxygens (including phenoxy) is 1. The SMILES string of the molecule is CC/C(=N/Nc1ccccc1[N+](=O)[O-])c1ccc(OC)cc1. The van der Waals surface area contributed by atoms with E-state index < -0.39 is 4.92 Å². The first-order chi connectivity index (χ1) is 10.7. The number of nitrogens with one attached hydrogen (secondary N) is 1. The molecule has 0 aliphatic rings. The number of hydrogen-bond donors (Lipinski definition) is 1. The van der Waals surface area contributed by atoms with Crippen LogP contribution in [0, 0.1) is 10.1 Å². The smallest absolute Gasteiger partial charge is 0.294 e. The molecule has 6 heteroatoms. The van der Waals surface area contributed by atoms with Crippen LogP contribution in [-0.2, 0) is 0 Å². The van der Waals surface area contributed by atoms with Gasteiger partial charge in [0.2, 0.25) is 0 Å². The van der Waals surface area contributed by atoms with Crippen LogP contribution in [0.4, 0.5) is 11.4 Å². The summed E-state index contributed by atoms with van der Waals surface area (Å²) in [6.45, 7) is 1.98. The molecule has 0 saturated heterocycles. The highest BCUT2D eigenvalue weighted by atomic mass is 16.6. The van der Waals surface area contributed by atoms with E-state index in [1.165, 1.54) is 6.07 Å². The standard InChI is InChI=1S/C16H17N3O3/c1-3-14(12-8-10-13(22-2)11-9-12)17-18-15-6-4-5-7-16(15)19(20)21/h4-11,18H,3H2,1-2H3/b17-14-. The number of anilines is 1. The largest absolute Gasteiger partial charge is 0.497 e. The fourth-order valence-corrected chi connectivity index (χ4v) is 1.99. The quantitative estimate of drug-likeness (QED) is 0.499. The number of nitro benzene ring substituents is 1.